The summed E-state index contributed by atoms with van der Waals surface area (Å²) in [6, 6.07) is 9.94. The van der Waals surface area contributed by atoms with E-state index in [9.17, 15) is 0 Å². The van der Waals surface area contributed by atoms with Gasteiger partial charge in [0.1, 0.15) is 5.15 Å². The molecule has 5 heteroatoms. The average molecular weight is 307 g/mol. The Bertz CT molecular complexity index is 600. The minimum atomic E-state index is 0.525. The van der Waals surface area contributed by atoms with Crippen LogP contribution in [0.5, 0.6) is 0 Å². The highest BCUT2D eigenvalue weighted by Gasteiger charge is 2.09. The van der Waals surface area contributed by atoms with Gasteiger partial charge in [0.25, 0.3) is 0 Å². The molecule has 0 radical (unpaired) electrons. The smallest absolute Gasteiger partial charge is 0.129 e. The lowest BCUT2D eigenvalue weighted by atomic mass is 10.1. The maximum absolute atomic E-state index is 5.89. The van der Waals surface area contributed by atoms with Crippen molar-refractivity contribution in [3.63, 3.8) is 0 Å². The number of nitrogens with zero attached hydrogens (tertiary/aromatic N) is 2. The van der Waals surface area contributed by atoms with E-state index in [1.165, 1.54) is 0 Å². The number of hydrogen-bond donors (Lipinski definition) is 0. The van der Waals surface area contributed by atoms with E-state index in [0.717, 1.165) is 55.9 Å². The van der Waals surface area contributed by atoms with E-state index < -0.39 is 0 Å². The average Bonchev–Trinajstić information content (AvgIpc) is 2.52. The number of aromatic nitrogens is 1. The second-order valence-corrected chi connectivity index (χ2v) is 5.55. The molecule has 0 bridgehead atoms. The molecule has 1 aromatic heterocycles. The summed E-state index contributed by atoms with van der Waals surface area (Å²) in [7, 11) is 0. The minimum absolute atomic E-state index is 0.525. The molecule has 3 rings (SSSR count). The SMILES string of the molecule is Clc1ccc2cc(COCCN3CCOCC3)ccc2n1. The van der Waals surface area contributed by atoms with Crippen molar-refractivity contribution in [1.29, 1.82) is 0 Å². The van der Waals surface area contributed by atoms with Crippen LogP contribution in [0.3, 0.4) is 0 Å². The fourth-order valence-corrected chi connectivity index (χ4v) is 2.60. The van der Waals surface area contributed by atoms with Gasteiger partial charge in [-0.05, 0) is 29.8 Å². The Morgan fingerprint density at radius 3 is 2.90 bits per heavy atom. The first-order valence-corrected chi connectivity index (χ1v) is 7.62. The molecule has 1 aliphatic heterocycles. The number of pyridine rings is 1. The van der Waals surface area contributed by atoms with Gasteiger partial charge in [-0.2, -0.15) is 0 Å². The fraction of sp³-hybridized carbons (Fsp3) is 0.438. The standard InChI is InChI=1S/C16H19ClN2O2/c17-16-4-2-14-11-13(1-3-15(14)18-16)12-21-10-7-19-5-8-20-9-6-19/h1-4,11H,5-10,12H2. The molecular formula is C16H19ClN2O2. The Morgan fingerprint density at radius 2 is 2.05 bits per heavy atom. The summed E-state index contributed by atoms with van der Waals surface area (Å²) in [5.74, 6) is 0. The number of rotatable bonds is 5. The molecular weight excluding hydrogens is 288 g/mol. The molecule has 1 aliphatic rings. The first-order valence-electron chi connectivity index (χ1n) is 7.24. The molecule has 2 aromatic rings. The second kappa shape index (κ2) is 7.18. The van der Waals surface area contributed by atoms with Gasteiger partial charge in [0, 0.05) is 25.0 Å². The van der Waals surface area contributed by atoms with Gasteiger partial charge in [-0.3, -0.25) is 4.90 Å². The summed E-state index contributed by atoms with van der Waals surface area (Å²) in [4.78, 5) is 6.65. The van der Waals surface area contributed by atoms with Crippen molar-refractivity contribution in [3.05, 3.63) is 41.0 Å². The van der Waals surface area contributed by atoms with Gasteiger partial charge in [0.15, 0.2) is 0 Å². The van der Waals surface area contributed by atoms with Crippen molar-refractivity contribution in [3.8, 4) is 0 Å². The first-order chi connectivity index (χ1) is 10.3. The molecule has 1 saturated heterocycles. The quantitative estimate of drug-likeness (QED) is 0.628. The van der Waals surface area contributed by atoms with Gasteiger partial charge in [-0.25, -0.2) is 4.98 Å². The lowest BCUT2D eigenvalue weighted by Crippen LogP contribution is -2.38. The zero-order chi connectivity index (χ0) is 14.5. The van der Waals surface area contributed by atoms with E-state index in [1.54, 1.807) is 0 Å². The van der Waals surface area contributed by atoms with Gasteiger partial charge in [-0.1, -0.05) is 17.7 Å². The predicted molar refractivity (Wildman–Crippen MR) is 83.7 cm³/mol. The van der Waals surface area contributed by atoms with Crippen LogP contribution in [0.15, 0.2) is 30.3 Å². The van der Waals surface area contributed by atoms with Crippen molar-refractivity contribution in [2.75, 3.05) is 39.5 Å². The molecule has 0 saturated carbocycles. The third-order valence-electron chi connectivity index (χ3n) is 3.64. The van der Waals surface area contributed by atoms with Crippen LogP contribution in [0.2, 0.25) is 5.15 Å². The Labute approximate surface area is 129 Å². The van der Waals surface area contributed by atoms with E-state index in [0.29, 0.717) is 11.8 Å². The molecule has 0 N–H and O–H groups in total. The van der Waals surface area contributed by atoms with Crippen LogP contribution < -0.4 is 0 Å². The summed E-state index contributed by atoms with van der Waals surface area (Å²) in [5, 5.41) is 1.62. The zero-order valence-electron chi connectivity index (χ0n) is 11.9. The molecule has 0 unspecified atom stereocenters. The van der Waals surface area contributed by atoms with Crippen molar-refractivity contribution < 1.29 is 9.47 Å². The molecule has 0 atom stereocenters. The molecule has 1 fully saturated rings. The van der Waals surface area contributed by atoms with Gasteiger partial charge < -0.3 is 9.47 Å². The van der Waals surface area contributed by atoms with Crippen molar-refractivity contribution >= 4 is 22.5 Å². The highest BCUT2D eigenvalue weighted by atomic mass is 35.5. The summed E-state index contributed by atoms with van der Waals surface area (Å²) in [5.41, 5.74) is 2.08. The van der Waals surface area contributed by atoms with Crippen molar-refractivity contribution in [2.45, 2.75) is 6.61 Å². The fourth-order valence-electron chi connectivity index (χ4n) is 2.45. The maximum atomic E-state index is 5.89. The van der Waals surface area contributed by atoms with Crippen LogP contribution in [0, 0.1) is 0 Å². The van der Waals surface area contributed by atoms with Gasteiger partial charge >= 0.3 is 0 Å². The van der Waals surface area contributed by atoms with Crippen LogP contribution in [-0.4, -0.2) is 49.3 Å². The van der Waals surface area contributed by atoms with E-state index >= 15 is 0 Å². The lowest BCUT2D eigenvalue weighted by Gasteiger charge is -2.26. The number of hydrogen-bond acceptors (Lipinski definition) is 4. The Morgan fingerprint density at radius 1 is 1.19 bits per heavy atom. The van der Waals surface area contributed by atoms with Crippen LogP contribution in [0.1, 0.15) is 5.56 Å². The van der Waals surface area contributed by atoms with E-state index in [1.807, 2.05) is 24.3 Å². The molecule has 21 heavy (non-hydrogen) atoms. The predicted octanol–water partition coefficient (Wildman–Crippen LogP) is 2.74. The highest BCUT2D eigenvalue weighted by Crippen LogP contribution is 2.17. The number of fused-ring (bicyclic) bond motifs is 1. The molecule has 2 heterocycles. The number of morpholine rings is 1. The molecule has 1 aromatic carbocycles. The molecule has 112 valence electrons. The number of ether oxygens (including phenoxy) is 2. The van der Waals surface area contributed by atoms with E-state index in [4.69, 9.17) is 21.1 Å². The molecule has 0 spiro atoms. The Balaban J connectivity index is 1.49. The van der Waals surface area contributed by atoms with E-state index in [2.05, 4.69) is 16.0 Å². The van der Waals surface area contributed by atoms with Crippen LogP contribution in [0.25, 0.3) is 10.9 Å². The van der Waals surface area contributed by atoms with E-state index in [-0.39, 0.29) is 0 Å². The normalized spacial score (nSPS) is 16.4. The minimum Gasteiger partial charge on any atom is -0.379 e. The molecule has 4 nitrogen and oxygen atoms in total. The Hall–Kier alpha value is -1.20. The number of benzene rings is 1. The third kappa shape index (κ3) is 4.14. The monoisotopic (exact) mass is 306 g/mol. The van der Waals surface area contributed by atoms with Gasteiger partial charge in [-0.15, -0.1) is 0 Å². The summed E-state index contributed by atoms with van der Waals surface area (Å²) in [6.45, 7) is 6.02. The molecule has 0 amide bonds. The summed E-state index contributed by atoms with van der Waals surface area (Å²) < 4.78 is 11.1. The highest BCUT2D eigenvalue weighted by molar-refractivity contribution is 6.29. The van der Waals surface area contributed by atoms with Crippen LogP contribution >= 0.6 is 11.6 Å². The lowest BCUT2D eigenvalue weighted by molar-refractivity contribution is 0.0180. The Kier molecular flexibility index (Phi) is 5.04. The first kappa shape index (κ1) is 14.7. The second-order valence-electron chi connectivity index (χ2n) is 5.17. The van der Waals surface area contributed by atoms with Crippen LogP contribution in [0.4, 0.5) is 0 Å². The zero-order valence-corrected chi connectivity index (χ0v) is 12.7. The largest absolute Gasteiger partial charge is 0.379 e. The van der Waals surface area contributed by atoms with Crippen molar-refractivity contribution in [2.24, 2.45) is 0 Å². The molecule has 0 aliphatic carbocycles. The number of halogens is 1. The maximum Gasteiger partial charge on any atom is 0.129 e. The van der Waals surface area contributed by atoms with Gasteiger partial charge in [0.2, 0.25) is 0 Å². The summed E-state index contributed by atoms with van der Waals surface area (Å²) >= 11 is 5.89. The van der Waals surface area contributed by atoms with Gasteiger partial charge in [0.05, 0.1) is 31.9 Å². The topological polar surface area (TPSA) is 34.6 Å². The third-order valence-corrected chi connectivity index (χ3v) is 3.85. The van der Waals surface area contributed by atoms with Crippen molar-refractivity contribution in [1.82, 2.24) is 9.88 Å². The van der Waals surface area contributed by atoms with Crippen LogP contribution in [-0.2, 0) is 16.1 Å². The summed E-state index contributed by atoms with van der Waals surface area (Å²) in [6.07, 6.45) is 0.